The van der Waals surface area contributed by atoms with Crippen LogP contribution in [0.25, 0.3) is 0 Å². The van der Waals surface area contributed by atoms with E-state index < -0.39 is 0 Å². The lowest BCUT2D eigenvalue weighted by molar-refractivity contribution is -0.121. The van der Waals surface area contributed by atoms with Crippen molar-refractivity contribution in [1.29, 1.82) is 0 Å². The minimum absolute atomic E-state index is 0.0244. The van der Waals surface area contributed by atoms with Crippen molar-refractivity contribution in [3.05, 3.63) is 24.3 Å². The molecule has 1 unspecified atom stereocenters. The first-order chi connectivity index (χ1) is 8.99. The Morgan fingerprint density at radius 3 is 2.74 bits per heavy atom. The fourth-order valence-electron chi connectivity index (χ4n) is 1.46. The second-order valence-electron chi connectivity index (χ2n) is 5.20. The minimum Gasteiger partial charge on any atom is -0.493 e. The average Bonchev–Trinajstić information content (AvgIpc) is 2.36. The first kappa shape index (κ1) is 15.3. The monoisotopic (exact) mass is 264 g/mol. The number of carbonyl (C=O) groups excluding carboxylic acids is 1. The number of rotatable bonds is 7. The van der Waals surface area contributed by atoms with Crippen molar-refractivity contribution in [1.82, 2.24) is 5.32 Å². The Bertz CT molecular complexity index is 405. The van der Waals surface area contributed by atoms with Crippen molar-refractivity contribution in [3.63, 3.8) is 0 Å². The van der Waals surface area contributed by atoms with Gasteiger partial charge in [0.05, 0.1) is 13.0 Å². The molecule has 0 radical (unpaired) electrons. The van der Waals surface area contributed by atoms with E-state index in [2.05, 4.69) is 26.1 Å². The van der Waals surface area contributed by atoms with Crippen molar-refractivity contribution >= 4 is 11.6 Å². The van der Waals surface area contributed by atoms with Gasteiger partial charge in [0.2, 0.25) is 5.91 Å². The van der Waals surface area contributed by atoms with Crippen LogP contribution in [0.3, 0.4) is 0 Å². The van der Waals surface area contributed by atoms with E-state index in [9.17, 15) is 4.79 Å². The molecule has 0 bridgehead atoms. The maximum atomic E-state index is 11.6. The lowest BCUT2D eigenvalue weighted by atomic mass is 9.98. The van der Waals surface area contributed by atoms with E-state index in [1.54, 1.807) is 12.1 Å². The van der Waals surface area contributed by atoms with E-state index >= 15 is 0 Å². The van der Waals surface area contributed by atoms with Crippen LogP contribution in [-0.2, 0) is 4.79 Å². The molecule has 19 heavy (non-hydrogen) atoms. The number of carbonyl (C=O) groups is 1. The molecule has 1 amide bonds. The van der Waals surface area contributed by atoms with E-state index in [0.717, 1.165) is 6.54 Å². The largest absolute Gasteiger partial charge is 0.493 e. The number of nitrogen functional groups attached to an aromatic ring is 1. The second kappa shape index (κ2) is 7.67. The standard InChI is InChI=1S/C15H24N2O2/c1-11(2)12(3)10-17-15(18)7-8-19-14-6-4-5-13(16)9-14/h4-6,9,11-12H,7-8,10,16H2,1-3H3,(H,17,18). The Morgan fingerprint density at radius 2 is 2.11 bits per heavy atom. The summed E-state index contributed by atoms with van der Waals surface area (Å²) in [5.74, 6) is 1.78. The van der Waals surface area contributed by atoms with Crippen LogP contribution in [0.1, 0.15) is 27.2 Å². The van der Waals surface area contributed by atoms with Gasteiger partial charge in [0.15, 0.2) is 0 Å². The fraction of sp³-hybridized carbons (Fsp3) is 0.533. The van der Waals surface area contributed by atoms with Gasteiger partial charge in [0, 0.05) is 18.3 Å². The van der Waals surface area contributed by atoms with Gasteiger partial charge in [-0.1, -0.05) is 26.8 Å². The Kier molecular flexibility index (Phi) is 6.19. The molecule has 4 heteroatoms. The third kappa shape index (κ3) is 6.13. The van der Waals surface area contributed by atoms with Crippen LogP contribution in [-0.4, -0.2) is 19.1 Å². The van der Waals surface area contributed by atoms with Gasteiger partial charge in [-0.2, -0.15) is 0 Å². The second-order valence-corrected chi connectivity index (χ2v) is 5.20. The number of nitrogens with two attached hydrogens (primary N) is 1. The van der Waals surface area contributed by atoms with Crippen molar-refractivity contribution in [3.8, 4) is 5.75 Å². The molecule has 3 N–H and O–H groups in total. The maximum Gasteiger partial charge on any atom is 0.223 e. The van der Waals surface area contributed by atoms with Crippen LogP contribution in [0.15, 0.2) is 24.3 Å². The number of hydrogen-bond donors (Lipinski definition) is 2. The molecule has 0 aromatic heterocycles. The SMILES string of the molecule is CC(C)C(C)CNC(=O)CCOc1cccc(N)c1. The van der Waals surface area contributed by atoms with Crippen LogP contribution in [0.5, 0.6) is 5.75 Å². The summed E-state index contributed by atoms with van der Waals surface area (Å²) in [6.45, 7) is 7.52. The summed E-state index contributed by atoms with van der Waals surface area (Å²) < 4.78 is 5.47. The van der Waals surface area contributed by atoms with Gasteiger partial charge in [0.1, 0.15) is 5.75 Å². The van der Waals surface area contributed by atoms with Gasteiger partial charge in [-0.25, -0.2) is 0 Å². The summed E-state index contributed by atoms with van der Waals surface area (Å²) in [5, 5.41) is 2.92. The van der Waals surface area contributed by atoms with Crippen LogP contribution in [0.2, 0.25) is 0 Å². The van der Waals surface area contributed by atoms with Gasteiger partial charge in [-0.3, -0.25) is 4.79 Å². The summed E-state index contributed by atoms with van der Waals surface area (Å²) in [6, 6.07) is 7.20. The minimum atomic E-state index is 0.0244. The first-order valence-electron chi connectivity index (χ1n) is 6.74. The van der Waals surface area contributed by atoms with Gasteiger partial charge in [-0.05, 0) is 24.0 Å². The molecular formula is C15H24N2O2. The predicted molar refractivity (Wildman–Crippen MR) is 78.0 cm³/mol. The Balaban J connectivity index is 2.20. The van der Waals surface area contributed by atoms with Crippen molar-refractivity contribution in [2.75, 3.05) is 18.9 Å². The zero-order valence-electron chi connectivity index (χ0n) is 12.0. The predicted octanol–water partition coefficient (Wildman–Crippen LogP) is 2.45. The van der Waals surface area contributed by atoms with Crippen LogP contribution >= 0.6 is 0 Å². The van der Waals surface area contributed by atoms with E-state index in [1.807, 2.05) is 12.1 Å². The number of ether oxygens (including phenoxy) is 1. The molecular weight excluding hydrogens is 240 g/mol. The molecule has 1 atom stereocenters. The Morgan fingerprint density at radius 1 is 1.37 bits per heavy atom. The van der Waals surface area contributed by atoms with Crippen LogP contribution < -0.4 is 15.8 Å². The maximum absolute atomic E-state index is 11.6. The third-order valence-electron chi connectivity index (χ3n) is 3.22. The molecule has 1 aromatic rings. The van der Waals surface area contributed by atoms with Gasteiger partial charge in [0.25, 0.3) is 0 Å². The molecule has 0 saturated heterocycles. The van der Waals surface area contributed by atoms with Gasteiger partial charge < -0.3 is 15.8 Å². The molecule has 0 fully saturated rings. The van der Waals surface area contributed by atoms with Crippen LogP contribution in [0.4, 0.5) is 5.69 Å². The Labute approximate surface area is 115 Å². The molecule has 0 heterocycles. The molecule has 106 valence electrons. The smallest absolute Gasteiger partial charge is 0.223 e. The lowest BCUT2D eigenvalue weighted by Crippen LogP contribution is -2.30. The molecule has 4 nitrogen and oxygen atoms in total. The molecule has 0 spiro atoms. The van der Waals surface area contributed by atoms with E-state index in [0.29, 0.717) is 36.3 Å². The van der Waals surface area contributed by atoms with E-state index in [4.69, 9.17) is 10.5 Å². The molecule has 1 aromatic carbocycles. The normalized spacial score (nSPS) is 12.2. The first-order valence-corrected chi connectivity index (χ1v) is 6.74. The average molecular weight is 264 g/mol. The summed E-state index contributed by atoms with van der Waals surface area (Å²) in [6.07, 6.45) is 0.361. The van der Waals surface area contributed by atoms with Gasteiger partial charge >= 0.3 is 0 Å². The number of anilines is 1. The highest BCUT2D eigenvalue weighted by atomic mass is 16.5. The summed E-state index contributed by atoms with van der Waals surface area (Å²) >= 11 is 0. The molecule has 0 aliphatic carbocycles. The number of benzene rings is 1. The van der Waals surface area contributed by atoms with Gasteiger partial charge in [-0.15, -0.1) is 0 Å². The number of hydrogen-bond acceptors (Lipinski definition) is 3. The fourth-order valence-corrected chi connectivity index (χ4v) is 1.46. The van der Waals surface area contributed by atoms with Crippen molar-refractivity contribution < 1.29 is 9.53 Å². The topological polar surface area (TPSA) is 64.3 Å². The highest BCUT2D eigenvalue weighted by molar-refractivity contribution is 5.75. The molecule has 0 aliphatic rings. The zero-order chi connectivity index (χ0) is 14.3. The van der Waals surface area contributed by atoms with E-state index in [1.165, 1.54) is 0 Å². The van der Waals surface area contributed by atoms with E-state index in [-0.39, 0.29) is 5.91 Å². The third-order valence-corrected chi connectivity index (χ3v) is 3.22. The molecule has 0 aliphatic heterocycles. The quantitative estimate of drug-likeness (QED) is 0.743. The number of nitrogens with one attached hydrogen (secondary N) is 1. The van der Waals surface area contributed by atoms with Crippen molar-refractivity contribution in [2.45, 2.75) is 27.2 Å². The summed E-state index contributed by atoms with van der Waals surface area (Å²) in [5.41, 5.74) is 6.30. The zero-order valence-corrected chi connectivity index (χ0v) is 12.0. The van der Waals surface area contributed by atoms with Crippen molar-refractivity contribution in [2.24, 2.45) is 11.8 Å². The van der Waals surface area contributed by atoms with Crippen LogP contribution in [0, 0.1) is 11.8 Å². The molecule has 0 saturated carbocycles. The number of amides is 1. The summed E-state index contributed by atoms with van der Waals surface area (Å²) in [7, 11) is 0. The summed E-state index contributed by atoms with van der Waals surface area (Å²) in [4.78, 5) is 11.6. The Hall–Kier alpha value is -1.71. The highest BCUT2D eigenvalue weighted by Gasteiger charge is 2.09. The molecule has 1 rings (SSSR count). The lowest BCUT2D eigenvalue weighted by Gasteiger charge is -2.16. The highest BCUT2D eigenvalue weighted by Crippen LogP contribution is 2.14.